The number of ether oxygens (including phenoxy) is 1. The average Bonchev–Trinajstić information content (AvgIpc) is 3.53. The van der Waals surface area contributed by atoms with Crippen LogP contribution in [0.25, 0.3) is 22.2 Å². The van der Waals surface area contributed by atoms with Crippen molar-refractivity contribution >= 4 is 20.9 Å². The molecular weight excluding hydrogens is 538 g/mol. The molecule has 1 saturated heterocycles. The number of hydrogen-bond acceptors (Lipinski definition) is 5. The summed E-state index contributed by atoms with van der Waals surface area (Å²) in [4.78, 5) is 13.6. The van der Waals surface area contributed by atoms with E-state index in [2.05, 4.69) is 5.10 Å². The maximum absolute atomic E-state index is 14.9. The molecule has 0 radical (unpaired) electrons. The number of halogens is 2. The number of hydrogen-bond donors (Lipinski definition) is 0. The van der Waals surface area contributed by atoms with E-state index in [4.69, 9.17) is 4.74 Å². The summed E-state index contributed by atoms with van der Waals surface area (Å²) in [5.41, 5.74) is 1.30. The zero-order chi connectivity index (χ0) is 28.2. The lowest BCUT2D eigenvalue weighted by Gasteiger charge is -2.25. The van der Waals surface area contributed by atoms with E-state index in [1.165, 1.54) is 23.7 Å². The van der Waals surface area contributed by atoms with Gasteiger partial charge in [0.25, 0.3) is 5.56 Å². The normalized spacial score (nSPS) is 14.9. The Morgan fingerprint density at radius 2 is 1.80 bits per heavy atom. The summed E-state index contributed by atoms with van der Waals surface area (Å²) < 4.78 is 66.4. The van der Waals surface area contributed by atoms with E-state index in [9.17, 15) is 22.0 Å². The lowest BCUT2D eigenvalue weighted by atomic mass is 9.91. The molecule has 1 atom stereocenters. The van der Waals surface area contributed by atoms with Gasteiger partial charge in [-0.25, -0.2) is 21.2 Å². The fourth-order valence-electron chi connectivity index (χ4n) is 5.17. The van der Waals surface area contributed by atoms with E-state index in [-0.39, 0.29) is 28.6 Å². The minimum Gasteiger partial charge on any atom is -0.377 e. The molecule has 8 nitrogen and oxygen atoms in total. The molecule has 0 N–H and O–H groups in total. The third-order valence-electron chi connectivity index (χ3n) is 7.40. The third kappa shape index (κ3) is 4.35. The second-order valence-corrected chi connectivity index (χ2v) is 11.9. The van der Waals surface area contributed by atoms with Crippen molar-refractivity contribution in [3.8, 4) is 11.3 Å². The Labute approximate surface area is 229 Å². The van der Waals surface area contributed by atoms with Crippen LogP contribution in [0.4, 0.5) is 8.78 Å². The minimum atomic E-state index is -4.13. The van der Waals surface area contributed by atoms with E-state index in [0.717, 1.165) is 10.0 Å². The van der Waals surface area contributed by atoms with E-state index in [1.807, 2.05) is 0 Å². The van der Waals surface area contributed by atoms with Crippen LogP contribution in [-0.2, 0) is 27.6 Å². The zero-order valence-corrected chi connectivity index (χ0v) is 22.6. The van der Waals surface area contributed by atoms with Gasteiger partial charge in [-0.15, -0.1) is 0 Å². The first-order valence-corrected chi connectivity index (χ1v) is 14.3. The Balaban J connectivity index is 1.62. The van der Waals surface area contributed by atoms with Crippen molar-refractivity contribution in [2.75, 3.05) is 13.2 Å². The van der Waals surface area contributed by atoms with Crippen molar-refractivity contribution in [1.82, 2.24) is 18.3 Å². The molecule has 1 fully saturated rings. The van der Waals surface area contributed by atoms with Crippen LogP contribution >= 0.6 is 0 Å². The summed E-state index contributed by atoms with van der Waals surface area (Å²) in [5, 5.41) is 4.75. The van der Waals surface area contributed by atoms with Crippen LogP contribution in [0.1, 0.15) is 35.6 Å². The number of benzene rings is 2. The smallest absolute Gasteiger partial charge is 0.275 e. The van der Waals surface area contributed by atoms with Gasteiger partial charge in [-0.3, -0.25) is 9.48 Å². The Morgan fingerprint density at radius 3 is 2.50 bits per heavy atom. The molecule has 4 heterocycles. The highest BCUT2D eigenvalue weighted by Gasteiger charge is 2.30. The van der Waals surface area contributed by atoms with Crippen LogP contribution < -0.4 is 5.56 Å². The standard InChI is InChI=1S/C29H26F2N4O4S/c1-18(22-9-6-10-25(30)27(22)31)24-14-33(2)29(36)28-23(24)11-26(20-12-32-34(13-20)21-15-39-16-21)35(28)40(37,38)17-19-7-4-3-5-8-19/h3-14,18,21H,15-17H2,1-2H3. The molecule has 0 spiro atoms. The molecule has 1 aliphatic heterocycles. The number of fused-ring (bicyclic) bond motifs is 1. The fourth-order valence-corrected chi connectivity index (χ4v) is 6.83. The van der Waals surface area contributed by atoms with Gasteiger partial charge < -0.3 is 9.30 Å². The van der Waals surface area contributed by atoms with Crippen LogP contribution in [0.15, 0.2) is 78.0 Å². The Bertz CT molecular complexity index is 1910. The molecule has 40 heavy (non-hydrogen) atoms. The van der Waals surface area contributed by atoms with Crippen LogP contribution in [0.2, 0.25) is 0 Å². The zero-order valence-electron chi connectivity index (χ0n) is 21.8. The fraction of sp³-hybridized carbons (Fsp3) is 0.241. The summed E-state index contributed by atoms with van der Waals surface area (Å²) in [7, 11) is -2.62. The molecule has 0 amide bonds. The van der Waals surface area contributed by atoms with Gasteiger partial charge in [0.15, 0.2) is 11.6 Å². The van der Waals surface area contributed by atoms with E-state index in [0.29, 0.717) is 35.3 Å². The molecule has 5 aromatic rings. The first-order chi connectivity index (χ1) is 19.2. The topological polar surface area (TPSA) is 88.1 Å². The predicted molar refractivity (Wildman–Crippen MR) is 147 cm³/mol. The predicted octanol–water partition coefficient (Wildman–Crippen LogP) is 4.58. The molecule has 2 aromatic carbocycles. The molecule has 11 heteroatoms. The Morgan fingerprint density at radius 1 is 1.05 bits per heavy atom. The van der Waals surface area contributed by atoms with Gasteiger partial charge in [-0.05, 0) is 28.8 Å². The van der Waals surface area contributed by atoms with Gasteiger partial charge in [0, 0.05) is 36.3 Å². The molecule has 1 unspecified atom stereocenters. The Hall–Kier alpha value is -4.09. The van der Waals surface area contributed by atoms with Crippen LogP contribution in [0.3, 0.4) is 0 Å². The van der Waals surface area contributed by atoms with Crippen molar-refractivity contribution in [2.45, 2.75) is 24.6 Å². The highest BCUT2D eigenvalue weighted by Crippen LogP contribution is 2.37. The van der Waals surface area contributed by atoms with Gasteiger partial charge in [0.2, 0.25) is 10.0 Å². The first-order valence-electron chi connectivity index (χ1n) is 12.7. The lowest BCUT2D eigenvalue weighted by Crippen LogP contribution is -2.30. The van der Waals surface area contributed by atoms with Crippen molar-refractivity contribution in [1.29, 1.82) is 0 Å². The third-order valence-corrected chi connectivity index (χ3v) is 9.03. The van der Waals surface area contributed by atoms with Crippen LogP contribution in [0, 0.1) is 11.6 Å². The molecule has 0 aliphatic carbocycles. The summed E-state index contributed by atoms with van der Waals surface area (Å²) in [6, 6.07) is 14.3. The van der Waals surface area contributed by atoms with E-state index in [1.54, 1.807) is 66.6 Å². The van der Waals surface area contributed by atoms with Crippen molar-refractivity contribution in [3.05, 3.63) is 112 Å². The van der Waals surface area contributed by atoms with Crippen molar-refractivity contribution < 1.29 is 21.9 Å². The number of aromatic nitrogens is 4. The highest BCUT2D eigenvalue weighted by molar-refractivity contribution is 7.89. The van der Waals surface area contributed by atoms with Gasteiger partial charge >= 0.3 is 0 Å². The molecule has 0 bridgehead atoms. The number of pyridine rings is 1. The van der Waals surface area contributed by atoms with E-state index < -0.39 is 33.1 Å². The number of aryl methyl sites for hydroxylation is 1. The molecule has 206 valence electrons. The summed E-state index contributed by atoms with van der Waals surface area (Å²) >= 11 is 0. The van der Waals surface area contributed by atoms with Crippen molar-refractivity contribution in [2.24, 2.45) is 7.05 Å². The van der Waals surface area contributed by atoms with Gasteiger partial charge in [0.05, 0.1) is 36.9 Å². The van der Waals surface area contributed by atoms with Gasteiger partial charge in [0.1, 0.15) is 5.52 Å². The SMILES string of the molecule is CC(c1cccc(F)c1F)c1cn(C)c(=O)c2c1cc(-c1cnn(C3COC3)c1)n2S(=O)(=O)Cc1ccccc1. The maximum Gasteiger partial charge on any atom is 0.275 e. The molecular formula is C29H26F2N4O4S. The molecule has 6 rings (SSSR count). The lowest BCUT2D eigenvalue weighted by molar-refractivity contribution is -0.0286. The van der Waals surface area contributed by atoms with E-state index >= 15 is 0 Å². The number of rotatable bonds is 7. The molecule has 0 saturated carbocycles. The second kappa shape index (κ2) is 9.83. The van der Waals surface area contributed by atoms with Crippen LogP contribution in [0.5, 0.6) is 0 Å². The first kappa shape index (κ1) is 26.1. The molecule has 3 aromatic heterocycles. The summed E-state index contributed by atoms with van der Waals surface area (Å²) in [6.45, 7) is 2.69. The summed E-state index contributed by atoms with van der Waals surface area (Å²) in [5.74, 6) is -3.02. The second-order valence-electron chi connectivity index (χ2n) is 10.1. The average molecular weight is 565 g/mol. The Kier molecular flexibility index (Phi) is 6.42. The molecule has 1 aliphatic rings. The number of nitrogens with zero attached hydrogens (tertiary/aromatic N) is 4. The summed E-state index contributed by atoms with van der Waals surface area (Å²) in [6.07, 6.45) is 4.84. The minimum absolute atomic E-state index is 0.0342. The van der Waals surface area contributed by atoms with Crippen molar-refractivity contribution in [3.63, 3.8) is 0 Å². The largest absolute Gasteiger partial charge is 0.377 e. The quantitative estimate of drug-likeness (QED) is 0.289. The monoisotopic (exact) mass is 564 g/mol. The van der Waals surface area contributed by atoms with Gasteiger partial charge in [-0.2, -0.15) is 5.10 Å². The maximum atomic E-state index is 14.9. The van der Waals surface area contributed by atoms with Crippen LogP contribution in [-0.4, -0.2) is 40.0 Å². The van der Waals surface area contributed by atoms with Gasteiger partial charge in [-0.1, -0.05) is 49.4 Å². The highest BCUT2D eigenvalue weighted by atomic mass is 32.2.